The molecule has 0 fully saturated rings. The number of H-pyrrole nitrogens is 1. The minimum absolute atomic E-state index is 0.417. The summed E-state index contributed by atoms with van der Waals surface area (Å²) >= 11 is 0. The number of nitrogens with two attached hydrogens (primary N) is 1. The predicted octanol–water partition coefficient (Wildman–Crippen LogP) is 4.98. The molecule has 0 saturated carbocycles. The molecule has 2 aromatic heterocycles. The Hall–Kier alpha value is -3.67. The summed E-state index contributed by atoms with van der Waals surface area (Å²) in [6.45, 7) is 5.71. The maximum absolute atomic E-state index is 13.9. The molecule has 2 unspecified atom stereocenters. The molecule has 2 heterocycles. The summed E-state index contributed by atoms with van der Waals surface area (Å²) in [4.78, 5) is 7.85. The number of nitrogens with one attached hydrogen (secondary N) is 1. The molecule has 2 atom stereocenters. The molecule has 2 aromatic carbocycles. The van der Waals surface area contributed by atoms with Gasteiger partial charge in [0.25, 0.3) is 0 Å². The largest absolute Gasteiger partial charge is 0.340 e. The van der Waals surface area contributed by atoms with Crippen molar-refractivity contribution in [3.05, 3.63) is 88.9 Å². The van der Waals surface area contributed by atoms with E-state index >= 15 is 0 Å². The Morgan fingerprint density at radius 3 is 2.83 bits per heavy atom. The molecule has 1 aliphatic rings. The summed E-state index contributed by atoms with van der Waals surface area (Å²) in [6, 6.07) is 12.4. The van der Waals surface area contributed by atoms with Gasteiger partial charge in [0.1, 0.15) is 10.6 Å². The predicted molar refractivity (Wildman–Crippen MR) is 138 cm³/mol. The number of aromatic nitrogens is 3. The van der Waals surface area contributed by atoms with E-state index in [9.17, 15) is 13.7 Å². The number of rotatable bonds is 5. The molecule has 1 aliphatic carbocycles. The van der Waals surface area contributed by atoms with E-state index in [4.69, 9.17) is 5.73 Å². The molecule has 8 heteroatoms. The third-order valence-corrected chi connectivity index (χ3v) is 9.20. The van der Waals surface area contributed by atoms with Gasteiger partial charge in [-0.2, -0.15) is 5.26 Å². The smallest absolute Gasteiger partial charge is 0.248 e. The molecule has 4 aromatic rings. The van der Waals surface area contributed by atoms with Crippen molar-refractivity contribution in [2.24, 2.45) is 5.73 Å². The first-order valence-electron chi connectivity index (χ1n) is 11.6. The van der Waals surface area contributed by atoms with Crippen molar-refractivity contribution in [1.82, 2.24) is 13.9 Å². The van der Waals surface area contributed by atoms with Gasteiger partial charge in [0, 0.05) is 11.6 Å². The van der Waals surface area contributed by atoms with Crippen molar-refractivity contribution in [2.45, 2.75) is 44.4 Å². The fraction of sp³-hybridized carbons (Fsp3) is 0.259. The van der Waals surface area contributed by atoms with Crippen LogP contribution < -0.4 is 5.73 Å². The van der Waals surface area contributed by atoms with Crippen LogP contribution in [0.4, 0.5) is 0 Å². The molecule has 178 valence electrons. The van der Waals surface area contributed by atoms with Crippen molar-refractivity contribution >= 4 is 32.0 Å². The molecule has 0 radical (unpaired) electrons. The lowest BCUT2D eigenvalue weighted by atomic mass is 9.96. The zero-order chi connectivity index (χ0) is 25.0. The quantitative estimate of drug-likeness (QED) is 0.413. The second-order valence-corrected chi connectivity index (χ2v) is 11.6. The Morgan fingerprint density at radius 1 is 1.29 bits per heavy atom. The summed E-state index contributed by atoms with van der Waals surface area (Å²) in [5.41, 5.74) is 11.9. The van der Waals surface area contributed by atoms with Gasteiger partial charge < -0.3 is 10.7 Å². The van der Waals surface area contributed by atoms with Crippen LogP contribution in [0, 0.1) is 18.3 Å². The lowest BCUT2D eigenvalue weighted by molar-refractivity contribution is 0.553. The van der Waals surface area contributed by atoms with Gasteiger partial charge in [0.15, 0.2) is 0 Å². The first-order valence-corrected chi connectivity index (χ1v) is 13.0. The normalized spacial score (nSPS) is 19.1. The standard InChI is InChI=1S/C27H27N5O2S/c1-4-18-6-5-12-27(3,15-18)35(33,34)32-13-11-21-20(9-7-17(2)25(21)32)24(29)26-30-22-10-8-19(16-28)14-23(22)31-26/h5-11,13-15,24H,4,12,29H2,1-3H3,(H,30,31). The maximum atomic E-state index is 13.9. The van der Waals surface area contributed by atoms with Crippen LogP contribution >= 0.6 is 0 Å². The lowest BCUT2D eigenvalue weighted by Gasteiger charge is -2.29. The zero-order valence-electron chi connectivity index (χ0n) is 19.9. The summed E-state index contributed by atoms with van der Waals surface area (Å²) in [7, 11) is -3.75. The highest BCUT2D eigenvalue weighted by atomic mass is 32.2. The lowest BCUT2D eigenvalue weighted by Crippen LogP contribution is -2.38. The maximum Gasteiger partial charge on any atom is 0.248 e. The summed E-state index contributed by atoms with van der Waals surface area (Å²) in [6.07, 6.45) is 8.64. The van der Waals surface area contributed by atoms with Gasteiger partial charge in [0.05, 0.1) is 34.2 Å². The van der Waals surface area contributed by atoms with E-state index in [1.54, 1.807) is 31.3 Å². The van der Waals surface area contributed by atoms with Crippen molar-refractivity contribution in [1.29, 1.82) is 5.26 Å². The molecule has 35 heavy (non-hydrogen) atoms. The number of fused-ring (bicyclic) bond motifs is 2. The van der Waals surface area contributed by atoms with Crippen LogP contribution in [0.15, 0.2) is 66.4 Å². The zero-order valence-corrected chi connectivity index (χ0v) is 20.7. The molecule has 0 amide bonds. The van der Waals surface area contributed by atoms with Gasteiger partial charge in [-0.3, -0.25) is 0 Å². The van der Waals surface area contributed by atoms with E-state index in [1.807, 2.05) is 50.3 Å². The van der Waals surface area contributed by atoms with Crippen molar-refractivity contribution in [3.8, 4) is 6.07 Å². The van der Waals surface area contributed by atoms with Crippen LogP contribution in [0.3, 0.4) is 0 Å². The Labute approximate surface area is 204 Å². The number of imidazole rings is 1. The number of aromatic amines is 1. The number of hydrogen-bond donors (Lipinski definition) is 2. The number of benzene rings is 2. The van der Waals surface area contributed by atoms with Crippen LogP contribution in [-0.4, -0.2) is 27.1 Å². The summed E-state index contributed by atoms with van der Waals surface area (Å²) in [5, 5.41) is 9.95. The number of allylic oxidation sites excluding steroid dienone is 3. The minimum Gasteiger partial charge on any atom is -0.340 e. The van der Waals surface area contributed by atoms with Crippen LogP contribution in [0.25, 0.3) is 21.9 Å². The topological polar surface area (TPSA) is 118 Å². The molecule has 0 spiro atoms. The third-order valence-electron chi connectivity index (χ3n) is 6.91. The van der Waals surface area contributed by atoms with Crippen LogP contribution in [-0.2, 0) is 10.0 Å². The Balaban J connectivity index is 1.63. The average molecular weight is 486 g/mol. The first-order chi connectivity index (χ1) is 16.7. The molecular weight excluding hydrogens is 458 g/mol. The summed E-state index contributed by atoms with van der Waals surface area (Å²) in [5.74, 6) is 0.552. The van der Waals surface area contributed by atoms with E-state index in [-0.39, 0.29) is 0 Å². The van der Waals surface area contributed by atoms with Gasteiger partial charge in [0.2, 0.25) is 10.0 Å². The Bertz CT molecular complexity index is 1680. The SMILES string of the molecule is CCC1=CC(C)(S(=O)(=O)n2ccc3c(C(N)c4nc5ccc(C#N)cc5[nH]4)ccc(C)c32)CC=C1. The van der Waals surface area contributed by atoms with Crippen LogP contribution in [0.1, 0.15) is 55.2 Å². The van der Waals surface area contributed by atoms with Gasteiger partial charge >= 0.3 is 0 Å². The molecule has 0 saturated heterocycles. The summed E-state index contributed by atoms with van der Waals surface area (Å²) < 4.78 is 28.2. The second-order valence-electron chi connectivity index (χ2n) is 9.29. The van der Waals surface area contributed by atoms with Gasteiger partial charge in [-0.15, -0.1) is 0 Å². The van der Waals surface area contributed by atoms with E-state index in [2.05, 4.69) is 16.0 Å². The van der Waals surface area contributed by atoms with Crippen molar-refractivity contribution in [3.63, 3.8) is 0 Å². The average Bonchev–Trinajstić information content (AvgIpc) is 3.49. The molecule has 0 aliphatic heterocycles. The van der Waals surface area contributed by atoms with Gasteiger partial charge in [-0.05, 0) is 62.1 Å². The highest BCUT2D eigenvalue weighted by Gasteiger charge is 2.40. The van der Waals surface area contributed by atoms with Gasteiger partial charge in [-0.25, -0.2) is 17.4 Å². The van der Waals surface area contributed by atoms with Gasteiger partial charge in [-0.1, -0.05) is 42.9 Å². The van der Waals surface area contributed by atoms with E-state index in [1.165, 1.54) is 3.97 Å². The molecule has 3 N–H and O–H groups in total. The van der Waals surface area contributed by atoms with E-state index in [0.29, 0.717) is 23.3 Å². The highest BCUT2D eigenvalue weighted by molar-refractivity contribution is 7.91. The number of aryl methyl sites for hydroxylation is 1. The monoisotopic (exact) mass is 485 g/mol. The van der Waals surface area contributed by atoms with E-state index in [0.717, 1.165) is 39.5 Å². The van der Waals surface area contributed by atoms with E-state index < -0.39 is 20.8 Å². The number of hydrogen-bond acceptors (Lipinski definition) is 5. The molecule has 7 nitrogen and oxygen atoms in total. The van der Waals surface area contributed by atoms with Crippen molar-refractivity contribution in [2.75, 3.05) is 0 Å². The van der Waals surface area contributed by atoms with Crippen molar-refractivity contribution < 1.29 is 8.42 Å². The molecular formula is C27H27N5O2S. The highest BCUT2D eigenvalue weighted by Crippen LogP contribution is 2.36. The molecule has 0 bridgehead atoms. The Kier molecular flexibility index (Phi) is 5.42. The third kappa shape index (κ3) is 3.59. The number of nitriles is 1. The Morgan fingerprint density at radius 2 is 2.09 bits per heavy atom. The first kappa shape index (κ1) is 23.1. The van der Waals surface area contributed by atoms with Crippen LogP contribution in [0.5, 0.6) is 0 Å². The molecule has 5 rings (SSSR count). The second kappa shape index (κ2) is 8.22. The fourth-order valence-electron chi connectivity index (χ4n) is 4.85. The van der Waals surface area contributed by atoms with Crippen LogP contribution in [0.2, 0.25) is 0 Å². The fourth-order valence-corrected chi connectivity index (χ4v) is 6.61. The number of nitrogens with zero attached hydrogens (tertiary/aromatic N) is 3. The minimum atomic E-state index is -3.75.